The van der Waals surface area contributed by atoms with E-state index in [1.54, 1.807) is 30.3 Å². The van der Waals surface area contributed by atoms with E-state index in [4.69, 9.17) is 4.74 Å². The molecule has 0 spiro atoms. The first-order chi connectivity index (χ1) is 15.0. The molecule has 0 radical (unpaired) electrons. The highest BCUT2D eigenvalue weighted by Crippen LogP contribution is 2.30. The number of non-ortho nitro benzene ring substituents is 1. The Bertz CT molecular complexity index is 1170. The van der Waals surface area contributed by atoms with Crippen molar-refractivity contribution in [2.45, 2.75) is 19.4 Å². The SMILES string of the molecule is O=C(CCCN1C(=O)c2cccc3cccc(c23)C1=O)OCc1cccc([N+](=O)[O-])c1. The third kappa shape index (κ3) is 4.00. The third-order valence-electron chi connectivity index (χ3n) is 5.14. The lowest BCUT2D eigenvalue weighted by atomic mass is 9.94. The molecular formula is C23H18N2O6. The number of nitrogens with zero attached hydrogens (tertiary/aromatic N) is 2. The maximum atomic E-state index is 12.8. The number of carbonyl (C=O) groups excluding carboxylic acids is 3. The van der Waals surface area contributed by atoms with Gasteiger partial charge < -0.3 is 4.74 Å². The van der Waals surface area contributed by atoms with E-state index in [1.165, 1.54) is 18.2 Å². The van der Waals surface area contributed by atoms with Gasteiger partial charge in [-0.1, -0.05) is 36.4 Å². The van der Waals surface area contributed by atoms with Crippen LogP contribution in [-0.2, 0) is 16.1 Å². The Labute approximate surface area is 177 Å². The first-order valence-electron chi connectivity index (χ1n) is 9.72. The summed E-state index contributed by atoms with van der Waals surface area (Å²) in [5, 5.41) is 12.3. The summed E-state index contributed by atoms with van der Waals surface area (Å²) in [4.78, 5) is 49.1. The Hall–Kier alpha value is -4.07. The lowest BCUT2D eigenvalue weighted by Gasteiger charge is -2.27. The van der Waals surface area contributed by atoms with Gasteiger partial charge in [-0.3, -0.25) is 29.4 Å². The van der Waals surface area contributed by atoms with Gasteiger partial charge in [0, 0.05) is 41.6 Å². The zero-order valence-corrected chi connectivity index (χ0v) is 16.4. The molecule has 3 aromatic carbocycles. The van der Waals surface area contributed by atoms with Crippen molar-refractivity contribution in [2.75, 3.05) is 6.54 Å². The van der Waals surface area contributed by atoms with Crippen LogP contribution >= 0.6 is 0 Å². The predicted octanol–water partition coefficient (Wildman–Crippen LogP) is 3.87. The topological polar surface area (TPSA) is 107 Å². The van der Waals surface area contributed by atoms with Gasteiger partial charge in [0.2, 0.25) is 0 Å². The average molecular weight is 418 g/mol. The number of rotatable bonds is 7. The zero-order valence-electron chi connectivity index (χ0n) is 16.4. The number of imide groups is 1. The summed E-state index contributed by atoms with van der Waals surface area (Å²) in [6.07, 6.45) is 0.265. The van der Waals surface area contributed by atoms with Crippen LogP contribution in [0, 0.1) is 10.1 Å². The number of ether oxygens (including phenoxy) is 1. The van der Waals surface area contributed by atoms with E-state index in [-0.39, 0.29) is 43.5 Å². The number of nitro benzene ring substituents is 1. The summed E-state index contributed by atoms with van der Waals surface area (Å²) in [7, 11) is 0. The summed E-state index contributed by atoms with van der Waals surface area (Å²) < 4.78 is 5.16. The molecule has 8 nitrogen and oxygen atoms in total. The average Bonchev–Trinajstić information content (AvgIpc) is 2.78. The van der Waals surface area contributed by atoms with Gasteiger partial charge in [-0.25, -0.2) is 0 Å². The molecule has 0 aromatic heterocycles. The molecule has 4 rings (SSSR count). The van der Waals surface area contributed by atoms with Crippen molar-refractivity contribution >= 4 is 34.2 Å². The van der Waals surface area contributed by atoms with Gasteiger partial charge in [0.1, 0.15) is 6.61 Å². The van der Waals surface area contributed by atoms with Crippen molar-refractivity contribution in [2.24, 2.45) is 0 Å². The second-order valence-corrected chi connectivity index (χ2v) is 7.16. The number of hydrogen-bond acceptors (Lipinski definition) is 6. The van der Waals surface area contributed by atoms with Gasteiger partial charge in [0.25, 0.3) is 17.5 Å². The van der Waals surface area contributed by atoms with Crippen LogP contribution in [0.1, 0.15) is 39.1 Å². The number of benzene rings is 3. The van der Waals surface area contributed by atoms with Gasteiger partial charge in [0.05, 0.1) is 4.92 Å². The van der Waals surface area contributed by atoms with Crippen LogP contribution in [0.5, 0.6) is 0 Å². The zero-order chi connectivity index (χ0) is 22.0. The predicted molar refractivity (Wildman–Crippen MR) is 111 cm³/mol. The van der Waals surface area contributed by atoms with Crippen LogP contribution in [0.4, 0.5) is 5.69 Å². The maximum Gasteiger partial charge on any atom is 0.306 e. The highest BCUT2D eigenvalue weighted by atomic mass is 16.6. The smallest absolute Gasteiger partial charge is 0.306 e. The third-order valence-corrected chi connectivity index (χ3v) is 5.14. The van der Waals surface area contributed by atoms with Crippen molar-refractivity contribution in [1.29, 1.82) is 0 Å². The lowest BCUT2D eigenvalue weighted by molar-refractivity contribution is -0.384. The molecule has 0 N–H and O–H groups in total. The normalized spacial score (nSPS) is 12.8. The number of nitro groups is 1. The van der Waals surface area contributed by atoms with Crippen LogP contribution in [0.25, 0.3) is 10.8 Å². The van der Waals surface area contributed by atoms with Gasteiger partial charge in [0.15, 0.2) is 0 Å². The summed E-state index contributed by atoms with van der Waals surface area (Å²) in [5.74, 6) is -1.26. The molecule has 8 heteroatoms. The molecule has 0 atom stereocenters. The molecule has 1 aliphatic heterocycles. The minimum atomic E-state index is -0.517. The minimum Gasteiger partial charge on any atom is -0.461 e. The highest BCUT2D eigenvalue weighted by molar-refractivity contribution is 6.25. The van der Waals surface area contributed by atoms with Crippen LogP contribution in [0.3, 0.4) is 0 Å². The molecule has 156 valence electrons. The van der Waals surface area contributed by atoms with E-state index >= 15 is 0 Å². The molecule has 1 aliphatic rings. The standard InChI is InChI=1S/C23H18N2O6/c26-20(31-14-15-5-1-8-17(13-15)25(29)30)11-4-12-24-22(27)18-9-2-6-16-7-3-10-19(21(16)18)23(24)28/h1-3,5-10,13H,4,11-12,14H2. The van der Waals surface area contributed by atoms with Crippen molar-refractivity contribution in [3.63, 3.8) is 0 Å². The lowest BCUT2D eigenvalue weighted by Crippen LogP contribution is -2.41. The molecule has 2 amide bonds. The quantitative estimate of drug-likeness (QED) is 0.250. The summed E-state index contributed by atoms with van der Waals surface area (Å²) in [6.45, 7) is 0.00571. The summed E-state index contributed by atoms with van der Waals surface area (Å²) >= 11 is 0. The molecule has 0 fully saturated rings. The molecule has 3 aromatic rings. The van der Waals surface area contributed by atoms with Crippen LogP contribution in [0.2, 0.25) is 0 Å². The minimum absolute atomic E-state index is 0.0117. The molecule has 0 saturated carbocycles. The van der Waals surface area contributed by atoms with Crippen molar-refractivity contribution in [3.05, 3.63) is 87.5 Å². The summed E-state index contributed by atoms with van der Waals surface area (Å²) in [5.41, 5.74) is 1.38. The number of hydrogen-bond donors (Lipinski definition) is 0. The Morgan fingerprint density at radius 1 is 0.968 bits per heavy atom. The first kappa shape index (κ1) is 20.2. The monoisotopic (exact) mass is 418 g/mol. The van der Waals surface area contributed by atoms with Gasteiger partial charge in [-0.15, -0.1) is 0 Å². The Balaban J connectivity index is 1.35. The molecule has 0 saturated heterocycles. The Morgan fingerprint density at radius 3 is 2.26 bits per heavy atom. The van der Waals surface area contributed by atoms with Gasteiger partial charge in [-0.05, 0) is 29.5 Å². The Morgan fingerprint density at radius 2 is 1.61 bits per heavy atom. The fraction of sp³-hybridized carbons (Fsp3) is 0.174. The maximum absolute atomic E-state index is 12.8. The summed E-state index contributed by atoms with van der Waals surface area (Å²) in [6, 6.07) is 16.5. The van der Waals surface area contributed by atoms with Crippen LogP contribution in [-0.4, -0.2) is 34.2 Å². The number of carbonyl (C=O) groups is 3. The second kappa shape index (κ2) is 8.35. The Kier molecular flexibility index (Phi) is 5.44. The second-order valence-electron chi connectivity index (χ2n) is 7.16. The first-order valence-corrected chi connectivity index (χ1v) is 9.72. The van der Waals surface area contributed by atoms with Crippen LogP contribution in [0.15, 0.2) is 60.7 Å². The number of esters is 1. The van der Waals surface area contributed by atoms with Crippen molar-refractivity contribution < 1.29 is 24.0 Å². The van der Waals surface area contributed by atoms with E-state index in [0.717, 1.165) is 10.3 Å². The van der Waals surface area contributed by atoms with E-state index in [0.29, 0.717) is 22.1 Å². The number of amides is 2. The van der Waals surface area contributed by atoms with Crippen molar-refractivity contribution in [3.8, 4) is 0 Å². The van der Waals surface area contributed by atoms with Gasteiger partial charge >= 0.3 is 5.97 Å². The molecule has 0 bridgehead atoms. The van der Waals surface area contributed by atoms with E-state index in [9.17, 15) is 24.5 Å². The molecule has 31 heavy (non-hydrogen) atoms. The molecule has 0 aliphatic carbocycles. The van der Waals surface area contributed by atoms with E-state index < -0.39 is 10.9 Å². The van der Waals surface area contributed by atoms with Crippen molar-refractivity contribution in [1.82, 2.24) is 4.90 Å². The fourth-order valence-corrected chi connectivity index (χ4v) is 3.66. The molecule has 0 unspecified atom stereocenters. The van der Waals surface area contributed by atoms with Crippen LogP contribution < -0.4 is 0 Å². The molecule has 1 heterocycles. The highest BCUT2D eigenvalue weighted by Gasteiger charge is 2.32. The largest absolute Gasteiger partial charge is 0.461 e. The fourth-order valence-electron chi connectivity index (χ4n) is 3.66. The molecular weight excluding hydrogens is 400 g/mol. The van der Waals surface area contributed by atoms with Gasteiger partial charge in [-0.2, -0.15) is 0 Å². The van der Waals surface area contributed by atoms with E-state index in [1.807, 2.05) is 12.1 Å². The van der Waals surface area contributed by atoms with E-state index in [2.05, 4.69) is 0 Å².